The van der Waals surface area contributed by atoms with Crippen molar-refractivity contribution in [2.45, 2.75) is 19.8 Å². The van der Waals surface area contributed by atoms with Gasteiger partial charge >= 0.3 is 0 Å². The number of nitriles is 1. The van der Waals surface area contributed by atoms with Gasteiger partial charge in [0.25, 0.3) is 0 Å². The lowest BCUT2D eigenvalue weighted by molar-refractivity contribution is -0.136. The van der Waals surface area contributed by atoms with Crippen LogP contribution >= 0.6 is 0 Å². The Bertz CT molecular complexity index is 189. The van der Waals surface area contributed by atoms with Gasteiger partial charge in [-0.25, -0.2) is 0 Å². The van der Waals surface area contributed by atoms with E-state index in [0.29, 0.717) is 5.92 Å². The minimum atomic E-state index is -0.0165. The minimum absolute atomic E-state index is 0.0165. The summed E-state index contributed by atoms with van der Waals surface area (Å²) in [6.07, 6.45) is 1.17. The molecule has 0 aromatic heterocycles. The molecule has 1 amide bonds. The Morgan fingerprint density at radius 1 is 1.73 bits per heavy atom. The summed E-state index contributed by atoms with van der Waals surface area (Å²) in [7, 11) is 0. The van der Waals surface area contributed by atoms with Gasteiger partial charge in [-0.15, -0.1) is 0 Å². The smallest absolute Gasteiger partial charge is 0.236 e. The van der Waals surface area contributed by atoms with Crippen LogP contribution in [0.4, 0.5) is 0 Å². The van der Waals surface area contributed by atoms with Crippen LogP contribution in [0.5, 0.6) is 0 Å². The molecule has 0 radical (unpaired) electrons. The second-order valence-corrected chi connectivity index (χ2v) is 2.91. The van der Waals surface area contributed by atoms with E-state index in [-0.39, 0.29) is 12.3 Å². The Balaban J connectivity index is 2.22. The van der Waals surface area contributed by atoms with Crippen LogP contribution in [0.3, 0.4) is 0 Å². The quantitative estimate of drug-likeness (QED) is 0.586. The van der Waals surface area contributed by atoms with Gasteiger partial charge in [0.2, 0.25) is 5.91 Å². The van der Waals surface area contributed by atoms with E-state index in [4.69, 9.17) is 5.26 Å². The zero-order valence-corrected chi connectivity index (χ0v) is 6.71. The van der Waals surface area contributed by atoms with Gasteiger partial charge in [0.15, 0.2) is 0 Å². The molecular formula is C8H12N2O. The van der Waals surface area contributed by atoms with Gasteiger partial charge in [-0.3, -0.25) is 4.79 Å². The molecule has 0 spiro atoms. The summed E-state index contributed by atoms with van der Waals surface area (Å²) in [5.41, 5.74) is 0. The van der Waals surface area contributed by atoms with E-state index in [0.717, 1.165) is 19.5 Å². The zero-order valence-electron chi connectivity index (χ0n) is 6.71. The minimum Gasteiger partial charge on any atom is -0.341 e. The average molecular weight is 152 g/mol. The topological polar surface area (TPSA) is 44.1 Å². The van der Waals surface area contributed by atoms with Crippen molar-refractivity contribution in [3.8, 4) is 6.07 Å². The molecule has 0 saturated carbocycles. The van der Waals surface area contributed by atoms with Crippen LogP contribution in [0.25, 0.3) is 0 Å². The van der Waals surface area contributed by atoms with Gasteiger partial charge in [0, 0.05) is 13.1 Å². The number of carbonyl (C=O) groups is 1. The van der Waals surface area contributed by atoms with Crippen molar-refractivity contribution in [1.82, 2.24) is 4.90 Å². The molecular weight excluding hydrogens is 140 g/mol. The lowest BCUT2D eigenvalue weighted by atomic mass is 9.97. The summed E-state index contributed by atoms with van der Waals surface area (Å²) in [4.78, 5) is 12.7. The van der Waals surface area contributed by atoms with Gasteiger partial charge in [0.05, 0.1) is 6.07 Å². The molecule has 0 bridgehead atoms. The van der Waals surface area contributed by atoms with E-state index in [1.807, 2.05) is 6.07 Å². The molecule has 0 unspecified atom stereocenters. The zero-order chi connectivity index (χ0) is 8.27. The van der Waals surface area contributed by atoms with E-state index in [9.17, 15) is 4.79 Å². The summed E-state index contributed by atoms with van der Waals surface area (Å²) in [5.74, 6) is 0.662. The molecule has 0 atom stereocenters. The first kappa shape index (κ1) is 8.06. The van der Waals surface area contributed by atoms with Crippen LogP contribution in [0.1, 0.15) is 19.8 Å². The second kappa shape index (κ2) is 3.38. The Hall–Kier alpha value is -1.04. The largest absolute Gasteiger partial charge is 0.341 e. The third-order valence-corrected chi connectivity index (χ3v) is 2.12. The third-order valence-electron chi connectivity index (χ3n) is 2.12. The predicted octanol–water partition coefficient (Wildman–Crippen LogP) is 0.768. The summed E-state index contributed by atoms with van der Waals surface area (Å²) >= 11 is 0. The highest BCUT2D eigenvalue weighted by molar-refractivity contribution is 5.78. The lowest BCUT2D eigenvalue weighted by Crippen LogP contribution is -2.49. The molecule has 60 valence electrons. The maximum Gasteiger partial charge on any atom is 0.236 e. The van der Waals surface area contributed by atoms with Crippen LogP contribution in [0.15, 0.2) is 0 Å². The fourth-order valence-electron chi connectivity index (χ4n) is 1.21. The van der Waals surface area contributed by atoms with Crippen LogP contribution in [0.2, 0.25) is 0 Å². The van der Waals surface area contributed by atoms with Crippen LogP contribution < -0.4 is 0 Å². The van der Waals surface area contributed by atoms with Crippen molar-refractivity contribution in [2.24, 2.45) is 5.92 Å². The van der Waals surface area contributed by atoms with Crippen LogP contribution in [-0.2, 0) is 4.79 Å². The summed E-state index contributed by atoms with van der Waals surface area (Å²) in [6, 6.07) is 1.86. The van der Waals surface area contributed by atoms with Crippen molar-refractivity contribution in [1.29, 1.82) is 5.26 Å². The van der Waals surface area contributed by atoms with E-state index >= 15 is 0 Å². The summed E-state index contributed by atoms with van der Waals surface area (Å²) in [5, 5.41) is 8.23. The first-order valence-electron chi connectivity index (χ1n) is 3.92. The van der Waals surface area contributed by atoms with Crippen LogP contribution in [0, 0.1) is 17.2 Å². The number of rotatable bonds is 2. The molecule has 0 aromatic carbocycles. The van der Waals surface area contributed by atoms with Crippen molar-refractivity contribution in [2.75, 3.05) is 13.1 Å². The fourth-order valence-corrected chi connectivity index (χ4v) is 1.21. The molecule has 0 aliphatic carbocycles. The molecule has 1 fully saturated rings. The number of likely N-dealkylation sites (tertiary alicyclic amines) is 1. The van der Waals surface area contributed by atoms with Gasteiger partial charge in [-0.2, -0.15) is 5.26 Å². The molecule has 1 rings (SSSR count). The Morgan fingerprint density at radius 3 is 2.82 bits per heavy atom. The molecule has 1 aliphatic heterocycles. The SMILES string of the molecule is CCC1CN(C(=O)CC#N)C1. The number of hydrogen-bond acceptors (Lipinski definition) is 2. The highest BCUT2D eigenvalue weighted by atomic mass is 16.2. The summed E-state index contributed by atoms with van der Waals surface area (Å²) < 4.78 is 0. The van der Waals surface area contributed by atoms with Gasteiger partial charge in [0.1, 0.15) is 6.42 Å². The normalized spacial score (nSPS) is 17.3. The molecule has 1 saturated heterocycles. The van der Waals surface area contributed by atoms with E-state index < -0.39 is 0 Å². The monoisotopic (exact) mass is 152 g/mol. The molecule has 11 heavy (non-hydrogen) atoms. The Morgan fingerprint density at radius 2 is 2.36 bits per heavy atom. The second-order valence-electron chi connectivity index (χ2n) is 2.91. The Kier molecular flexibility index (Phi) is 2.48. The van der Waals surface area contributed by atoms with E-state index in [2.05, 4.69) is 6.92 Å². The maximum atomic E-state index is 11.0. The van der Waals surface area contributed by atoms with Crippen molar-refractivity contribution in [3.05, 3.63) is 0 Å². The molecule has 3 heteroatoms. The fraction of sp³-hybridized carbons (Fsp3) is 0.750. The summed E-state index contributed by atoms with van der Waals surface area (Å²) in [6.45, 7) is 3.84. The first-order valence-corrected chi connectivity index (χ1v) is 3.92. The van der Waals surface area contributed by atoms with Gasteiger partial charge < -0.3 is 4.90 Å². The standard InChI is InChI=1S/C8H12N2O/c1-2-7-5-10(6-7)8(11)3-4-9/h7H,2-3,5-6H2,1H3. The first-order chi connectivity index (χ1) is 5.27. The number of carbonyl (C=O) groups excluding carboxylic acids is 1. The molecule has 1 aliphatic rings. The van der Waals surface area contributed by atoms with Crippen LogP contribution in [-0.4, -0.2) is 23.9 Å². The number of hydrogen-bond donors (Lipinski definition) is 0. The van der Waals surface area contributed by atoms with Gasteiger partial charge in [-0.05, 0) is 12.3 Å². The lowest BCUT2D eigenvalue weighted by Gasteiger charge is -2.38. The Labute approximate surface area is 66.6 Å². The predicted molar refractivity (Wildman–Crippen MR) is 40.6 cm³/mol. The number of nitrogens with zero attached hydrogens (tertiary/aromatic N) is 2. The number of amides is 1. The molecule has 3 nitrogen and oxygen atoms in total. The molecule has 0 aromatic rings. The van der Waals surface area contributed by atoms with Crippen molar-refractivity contribution >= 4 is 5.91 Å². The third kappa shape index (κ3) is 1.70. The van der Waals surface area contributed by atoms with E-state index in [1.54, 1.807) is 4.90 Å². The highest BCUT2D eigenvalue weighted by Gasteiger charge is 2.28. The molecule has 0 N–H and O–H groups in total. The average Bonchev–Trinajstić information content (AvgIpc) is 1.86. The highest BCUT2D eigenvalue weighted by Crippen LogP contribution is 2.18. The van der Waals surface area contributed by atoms with Gasteiger partial charge in [-0.1, -0.05) is 6.92 Å². The van der Waals surface area contributed by atoms with Crippen molar-refractivity contribution < 1.29 is 4.79 Å². The maximum absolute atomic E-state index is 11.0. The van der Waals surface area contributed by atoms with E-state index in [1.165, 1.54) is 0 Å². The van der Waals surface area contributed by atoms with Crippen molar-refractivity contribution in [3.63, 3.8) is 0 Å². The molecule has 1 heterocycles.